The van der Waals surface area contributed by atoms with Gasteiger partial charge in [0.1, 0.15) is 12.4 Å². The molecule has 0 aromatic carbocycles. The number of aromatic nitrogens is 4. The van der Waals surface area contributed by atoms with E-state index in [4.69, 9.17) is 14.2 Å². The lowest BCUT2D eigenvalue weighted by molar-refractivity contribution is -0.116. The molecule has 2 aromatic heterocycles. The summed E-state index contributed by atoms with van der Waals surface area (Å²) in [6.07, 6.45) is 24.1. The smallest absolute Gasteiger partial charge is 0.255 e. The second-order valence-electron chi connectivity index (χ2n) is 8.06. The van der Waals surface area contributed by atoms with E-state index in [-0.39, 0.29) is 24.5 Å². The standard InChI is InChI=1S/C25H30N6O4.C2H2/c1-33-13-11-18(15-20(35-3)16-34-2)25(32)27-19-7-4-6-17(14-19)21-9-10-23-28-29-24(31(23)30-21)22-8-5-12-26-22;1-2/h4-5,7-12,14-15,17,21,26,30H,6,13,16H2,1-3H3,(H,27,32);1-2H/b18-11+,20-15+;. The average molecular weight is 505 g/mol. The first-order valence-corrected chi connectivity index (χ1v) is 11.6. The lowest BCUT2D eigenvalue weighted by Crippen LogP contribution is -2.37. The highest BCUT2D eigenvalue weighted by atomic mass is 16.5. The number of allylic oxidation sites excluding steroid dienone is 2. The minimum Gasteiger partial charge on any atom is -0.499 e. The molecule has 0 saturated carbocycles. The van der Waals surface area contributed by atoms with Gasteiger partial charge in [0, 0.05) is 37.6 Å². The third kappa shape index (κ3) is 6.88. The van der Waals surface area contributed by atoms with Gasteiger partial charge in [-0.25, -0.2) is 4.68 Å². The molecule has 1 aliphatic carbocycles. The van der Waals surface area contributed by atoms with Crippen molar-refractivity contribution in [2.75, 3.05) is 40.0 Å². The molecule has 3 N–H and O–H groups in total. The van der Waals surface area contributed by atoms with E-state index in [0.717, 1.165) is 23.6 Å². The van der Waals surface area contributed by atoms with Crippen molar-refractivity contribution >= 4 is 12.0 Å². The number of nitrogens with zero attached hydrogens (tertiary/aromatic N) is 3. The number of carbonyl (C=O) groups is 1. The molecule has 2 aliphatic rings. The zero-order valence-electron chi connectivity index (χ0n) is 21.2. The highest BCUT2D eigenvalue weighted by Gasteiger charge is 2.25. The second kappa shape index (κ2) is 13.7. The summed E-state index contributed by atoms with van der Waals surface area (Å²) in [4.78, 5) is 16.2. The number of nitrogens with one attached hydrogen (secondary N) is 3. The molecule has 1 aliphatic heterocycles. The van der Waals surface area contributed by atoms with Crippen LogP contribution < -0.4 is 10.7 Å². The quantitative estimate of drug-likeness (QED) is 0.197. The van der Waals surface area contributed by atoms with Gasteiger partial charge in [0.15, 0.2) is 11.6 Å². The van der Waals surface area contributed by atoms with Crippen LogP contribution in [0.1, 0.15) is 12.2 Å². The van der Waals surface area contributed by atoms with Crippen LogP contribution in [-0.4, -0.2) is 66.3 Å². The van der Waals surface area contributed by atoms with E-state index in [1.54, 1.807) is 33.5 Å². The maximum Gasteiger partial charge on any atom is 0.255 e. The van der Waals surface area contributed by atoms with Crippen molar-refractivity contribution < 1.29 is 19.0 Å². The molecule has 194 valence electrons. The normalized spacial score (nSPS) is 18.7. The third-order valence-corrected chi connectivity index (χ3v) is 5.67. The molecular weight excluding hydrogens is 472 g/mol. The maximum absolute atomic E-state index is 13.1. The van der Waals surface area contributed by atoms with Gasteiger partial charge in [0.2, 0.25) is 0 Å². The third-order valence-electron chi connectivity index (χ3n) is 5.67. The number of rotatable bonds is 10. The molecule has 2 unspecified atom stereocenters. The Hall–Kier alpha value is -4.33. The maximum atomic E-state index is 13.1. The number of H-pyrrole nitrogens is 1. The summed E-state index contributed by atoms with van der Waals surface area (Å²) in [6, 6.07) is 3.87. The van der Waals surface area contributed by atoms with E-state index >= 15 is 0 Å². The number of carbonyl (C=O) groups excluding carboxylic acids is 1. The molecular formula is C27H32N6O4. The summed E-state index contributed by atoms with van der Waals surface area (Å²) in [6.45, 7) is 0.552. The first kappa shape index (κ1) is 27.3. The zero-order valence-corrected chi connectivity index (χ0v) is 21.2. The largest absolute Gasteiger partial charge is 0.499 e. The molecule has 0 radical (unpaired) electrons. The van der Waals surface area contributed by atoms with E-state index in [1.165, 1.54) is 0 Å². The first-order valence-electron chi connectivity index (χ1n) is 11.6. The van der Waals surface area contributed by atoms with Gasteiger partial charge in [0.05, 0.1) is 25.5 Å². The van der Waals surface area contributed by atoms with Crippen molar-refractivity contribution in [2.24, 2.45) is 5.92 Å². The first-order chi connectivity index (χ1) is 18.1. The summed E-state index contributed by atoms with van der Waals surface area (Å²) in [5.41, 5.74) is 5.53. The fraction of sp³-hybridized carbons (Fsp3) is 0.296. The van der Waals surface area contributed by atoms with Crippen LogP contribution in [0.2, 0.25) is 0 Å². The molecule has 1 amide bonds. The van der Waals surface area contributed by atoms with E-state index in [2.05, 4.69) is 57.0 Å². The van der Waals surface area contributed by atoms with E-state index in [9.17, 15) is 4.79 Å². The number of hydrogen-bond donors (Lipinski definition) is 3. The van der Waals surface area contributed by atoms with Crippen molar-refractivity contribution in [2.45, 2.75) is 12.5 Å². The lowest BCUT2D eigenvalue weighted by Gasteiger charge is -2.29. The van der Waals surface area contributed by atoms with Gasteiger partial charge in [-0.05, 0) is 42.9 Å². The predicted molar refractivity (Wildman–Crippen MR) is 142 cm³/mol. The Kier molecular flexibility index (Phi) is 10.1. The van der Waals surface area contributed by atoms with Crippen molar-refractivity contribution in [3.63, 3.8) is 0 Å². The summed E-state index contributed by atoms with van der Waals surface area (Å²) >= 11 is 0. The molecule has 37 heavy (non-hydrogen) atoms. The molecule has 3 heterocycles. The number of methoxy groups -OCH3 is 3. The molecule has 10 heteroatoms. The highest BCUT2D eigenvalue weighted by Crippen LogP contribution is 2.26. The van der Waals surface area contributed by atoms with Crippen molar-refractivity contribution in [3.05, 3.63) is 77.6 Å². The Balaban J connectivity index is 0.00000186. The number of fused-ring (bicyclic) bond motifs is 1. The minimum absolute atomic E-state index is 0.00531. The van der Waals surface area contributed by atoms with Crippen LogP contribution in [0, 0.1) is 18.8 Å². The number of amides is 1. The fourth-order valence-electron chi connectivity index (χ4n) is 3.90. The van der Waals surface area contributed by atoms with Gasteiger partial charge >= 0.3 is 0 Å². The molecule has 0 bridgehead atoms. The van der Waals surface area contributed by atoms with Crippen molar-refractivity contribution in [1.82, 2.24) is 25.2 Å². The van der Waals surface area contributed by atoms with Crippen LogP contribution in [0.4, 0.5) is 0 Å². The number of ether oxygens (including phenoxy) is 3. The van der Waals surface area contributed by atoms with Crippen LogP contribution in [0.5, 0.6) is 0 Å². The van der Waals surface area contributed by atoms with Crippen LogP contribution in [0.25, 0.3) is 17.6 Å². The van der Waals surface area contributed by atoms with Gasteiger partial charge in [-0.3, -0.25) is 4.79 Å². The van der Waals surface area contributed by atoms with Crippen LogP contribution in [0.3, 0.4) is 0 Å². The number of terminal acetylenes is 1. The fourth-order valence-corrected chi connectivity index (χ4v) is 3.90. The Morgan fingerprint density at radius 2 is 2.08 bits per heavy atom. The molecule has 0 saturated heterocycles. The van der Waals surface area contributed by atoms with Gasteiger partial charge in [-0.2, -0.15) is 0 Å². The Morgan fingerprint density at radius 1 is 1.24 bits per heavy atom. The van der Waals surface area contributed by atoms with Crippen LogP contribution >= 0.6 is 0 Å². The van der Waals surface area contributed by atoms with Crippen LogP contribution in [-0.2, 0) is 19.0 Å². The molecule has 0 spiro atoms. The van der Waals surface area contributed by atoms with Gasteiger partial charge < -0.3 is 29.9 Å². The summed E-state index contributed by atoms with van der Waals surface area (Å²) < 4.78 is 17.5. The molecule has 0 fully saturated rings. The Labute approximate surface area is 216 Å². The van der Waals surface area contributed by atoms with Crippen LogP contribution in [0.15, 0.2) is 71.8 Å². The summed E-state index contributed by atoms with van der Waals surface area (Å²) in [7, 11) is 4.69. The van der Waals surface area contributed by atoms with Crippen molar-refractivity contribution in [3.8, 4) is 24.4 Å². The predicted octanol–water partition coefficient (Wildman–Crippen LogP) is 2.79. The Morgan fingerprint density at radius 3 is 2.78 bits per heavy atom. The topological polar surface area (TPSA) is 115 Å². The van der Waals surface area contributed by atoms with Gasteiger partial charge in [-0.15, -0.1) is 23.0 Å². The molecule has 2 atom stereocenters. The summed E-state index contributed by atoms with van der Waals surface area (Å²) in [5.74, 6) is 1.85. The van der Waals surface area contributed by atoms with Gasteiger partial charge in [0.25, 0.3) is 5.91 Å². The van der Waals surface area contributed by atoms with Crippen molar-refractivity contribution in [1.29, 1.82) is 0 Å². The SMILES string of the molecule is C#C.COC/C=C(\C=C(/COC)OC)C(=O)NC1=CC(C2C=Cc3nnc(-c4ccc[nH]4)n3N2)CC=C1. The molecule has 4 rings (SSSR count). The minimum atomic E-state index is -0.258. The van der Waals surface area contributed by atoms with E-state index in [1.807, 2.05) is 35.2 Å². The molecule has 2 aromatic rings. The molecule has 10 nitrogen and oxygen atoms in total. The lowest BCUT2D eigenvalue weighted by atomic mass is 9.91. The summed E-state index contributed by atoms with van der Waals surface area (Å²) in [5, 5.41) is 11.6. The zero-order chi connectivity index (χ0) is 26.6. The average Bonchev–Trinajstić information content (AvgIpc) is 3.61. The van der Waals surface area contributed by atoms with Gasteiger partial charge in [-0.1, -0.05) is 18.2 Å². The number of hydrogen-bond acceptors (Lipinski definition) is 7. The highest BCUT2D eigenvalue weighted by molar-refractivity contribution is 5.97. The number of aromatic amines is 1. The Bertz CT molecular complexity index is 1220. The second-order valence-corrected chi connectivity index (χ2v) is 8.06. The monoisotopic (exact) mass is 504 g/mol. The van der Waals surface area contributed by atoms with E-state index < -0.39 is 0 Å². The van der Waals surface area contributed by atoms with E-state index in [0.29, 0.717) is 23.8 Å².